The fourth-order valence-corrected chi connectivity index (χ4v) is 3.75. The first kappa shape index (κ1) is 29.9. The average molecular weight is 532 g/mol. The molecule has 0 aromatic heterocycles. The first-order chi connectivity index (χ1) is 18.2. The zero-order valence-electron chi connectivity index (χ0n) is 21.3. The van der Waals surface area contributed by atoms with Crippen LogP contribution in [0.5, 0.6) is 0 Å². The topological polar surface area (TPSA) is 236 Å². The molecule has 1 aromatic carbocycles. The Morgan fingerprint density at radius 2 is 1.45 bits per heavy atom. The number of carbonyl (C=O) groups excluding carboxylic acids is 5. The molecule has 2 rings (SSSR count). The summed E-state index contributed by atoms with van der Waals surface area (Å²) < 4.78 is 0. The normalized spacial score (nSPS) is 18.5. The van der Waals surface area contributed by atoms with Crippen molar-refractivity contribution < 1.29 is 24.0 Å². The number of unbranched alkanes of at least 4 members (excludes halogenated alkanes) is 2. The van der Waals surface area contributed by atoms with Crippen LogP contribution in [0.1, 0.15) is 44.9 Å². The number of para-hydroxylation sites is 2. The maximum absolute atomic E-state index is 12.6. The van der Waals surface area contributed by atoms with E-state index in [1.54, 1.807) is 24.3 Å². The summed E-state index contributed by atoms with van der Waals surface area (Å²) in [6.45, 7) is -0.440. The third-order valence-electron chi connectivity index (χ3n) is 5.73. The molecule has 0 aliphatic carbocycles. The van der Waals surface area contributed by atoms with E-state index in [1.807, 2.05) is 0 Å². The molecular formula is C24H37N9O5. The number of amides is 5. The number of hydrogen-bond acceptors (Lipinski definition) is 7. The SMILES string of the molecule is NC(N)=NCCC[C@@H]1NC(=O)CNC(=O)[C@H](CCCCCC(=O)Nc2ccccc2N)NC(=O)CNC1=O. The van der Waals surface area contributed by atoms with Gasteiger partial charge < -0.3 is 43.8 Å². The molecule has 2 atom stereocenters. The van der Waals surface area contributed by atoms with Crippen LogP contribution in [0, 0.1) is 0 Å². The molecule has 14 heteroatoms. The largest absolute Gasteiger partial charge is 0.397 e. The highest BCUT2D eigenvalue weighted by Gasteiger charge is 2.25. The van der Waals surface area contributed by atoms with Crippen LogP contribution in [0.15, 0.2) is 29.3 Å². The predicted molar refractivity (Wildman–Crippen MR) is 142 cm³/mol. The van der Waals surface area contributed by atoms with E-state index < -0.39 is 35.7 Å². The van der Waals surface area contributed by atoms with E-state index in [9.17, 15) is 24.0 Å². The molecule has 1 aliphatic heterocycles. The Morgan fingerprint density at radius 1 is 0.868 bits per heavy atom. The molecule has 208 valence electrons. The molecule has 0 spiro atoms. The molecular weight excluding hydrogens is 494 g/mol. The van der Waals surface area contributed by atoms with E-state index in [-0.39, 0.29) is 44.3 Å². The van der Waals surface area contributed by atoms with Crippen molar-refractivity contribution in [3.8, 4) is 0 Å². The van der Waals surface area contributed by atoms with Crippen LogP contribution in [0.3, 0.4) is 0 Å². The van der Waals surface area contributed by atoms with Crippen LogP contribution in [-0.4, -0.2) is 67.2 Å². The van der Waals surface area contributed by atoms with Crippen LogP contribution in [0.25, 0.3) is 0 Å². The summed E-state index contributed by atoms with van der Waals surface area (Å²) in [6.07, 6.45) is 2.99. The van der Waals surface area contributed by atoms with Crippen molar-refractivity contribution >= 4 is 46.9 Å². The van der Waals surface area contributed by atoms with Crippen molar-refractivity contribution in [2.75, 3.05) is 30.7 Å². The van der Waals surface area contributed by atoms with Crippen LogP contribution >= 0.6 is 0 Å². The van der Waals surface area contributed by atoms with E-state index in [0.29, 0.717) is 43.5 Å². The summed E-state index contributed by atoms with van der Waals surface area (Å²) in [4.78, 5) is 65.8. The van der Waals surface area contributed by atoms with E-state index in [2.05, 4.69) is 31.6 Å². The lowest BCUT2D eigenvalue weighted by molar-refractivity contribution is -0.133. The molecule has 11 N–H and O–H groups in total. The van der Waals surface area contributed by atoms with Crippen molar-refractivity contribution in [2.45, 2.75) is 57.0 Å². The molecule has 0 unspecified atom stereocenters. The zero-order valence-corrected chi connectivity index (χ0v) is 21.3. The van der Waals surface area contributed by atoms with Crippen molar-refractivity contribution in [2.24, 2.45) is 16.5 Å². The Kier molecular flexibility index (Phi) is 12.3. The van der Waals surface area contributed by atoms with Gasteiger partial charge in [-0.15, -0.1) is 0 Å². The minimum Gasteiger partial charge on any atom is -0.397 e. The molecule has 1 saturated heterocycles. The van der Waals surface area contributed by atoms with Gasteiger partial charge in [0.2, 0.25) is 29.5 Å². The number of nitrogens with zero attached hydrogens (tertiary/aromatic N) is 1. The van der Waals surface area contributed by atoms with Gasteiger partial charge in [0.15, 0.2) is 5.96 Å². The molecule has 5 amide bonds. The Balaban J connectivity index is 1.81. The number of anilines is 2. The van der Waals surface area contributed by atoms with E-state index in [4.69, 9.17) is 17.2 Å². The summed E-state index contributed by atoms with van der Waals surface area (Å²) >= 11 is 0. The number of nitrogen functional groups attached to an aromatic ring is 1. The Bertz CT molecular complexity index is 1030. The summed E-state index contributed by atoms with van der Waals surface area (Å²) in [6, 6.07) is 5.17. The van der Waals surface area contributed by atoms with Gasteiger partial charge in [-0.1, -0.05) is 25.0 Å². The molecule has 0 saturated carbocycles. The number of nitrogens with one attached hydrogen (secondary N) is 5. The van der Waals surface area contributed by atoms with Gasteiger partial charge in [0.25, 0.3) is 0 Å². The van der Waals surface area contributed by atoms with Gasteiger partial charge in [-0.05, 0) is 37.8 Å². The van der Waals surface area contributed by atoms with Gasteiger partial charge in [0.05, 0.1) is 24.5 Å². The lowest BCUT2D eigenvalue weighted by Crippen LogP contribution is -2.56. The quantitative estimate of drug-likeness (QED) is 0.0716. The molecule has 38 heavy (non-hydrogen) atoms. The van der Waals surface area contributed by atoms with E-state index in [1.165, 1.54) is 0 Å². The second kappa shape index (κ2) is 15.7. The van der Waals surface area contributed by atoms with Crippen LogP contribution < -0.4 is 43.8 Å². The minimum absolute atomic E-state index is 0.0784. The number of hydrogen-bond donors (Lipinski definition) is 8. The lowest BCUT2D eigenvalue weighted by atomic mass is 10.1. The number of nitrogens with two attached hydrogens (primary N) is 3. The number of rotatable bonds is 11. The minimum atomic E-state index is -0.910. The summed E-state index contributed by atoms with van der Waals surface area (Å²) in [5, 5.41) is 12.9. The fourth-order valence-electron chi connectivity index (χ4n) is 3.75. The third kappa shape index (κ3) is 11.1. The second-order valence-electron chi connectivity index (χ2n) is 8.86. The number of aliphatic imine (C=N–C) groups is 1. The molecule has 14 nitrogen and oxygen atoms in total. The monoisotopic (exact) mass is 531 g/mol. The van der Waals surface area contributed by atoms with E-state index >= 15 is 0 Å². The van der Waals surface area contributed by atoms with Crippen LogP contribution in [0.4, 0.5) is 11.4 Å². The fraction of sp³-hybridized carbons (Fsp3) is 0.500. The number of benzene rings is 1. The molecule has 1 aliphatic rings. The first-order valence-corrected chi connectivity index (χ1v) is 12.5. The molecule has 0 bridgehead atoms. The van der Waals surface area contributed by atoms with Gasteiger partial charge >= 0.3 is 0 Å². The van der Waals surface area contributed by atoms with Gasteiger partial charge in [0, 0.05) is 13.0 Å². The van der Waals surface area contributed by atoms with Crippen LogP contribution in [0.2, 0.25) is 0 Å². The second-order valence-corrected chi connectivity index (χ2v) is 8.86. The van der Waals surface area contributed by atoms with E-state index in [0.717, 1.165) is 0 Å². The summed E-state index contributed by atoms with van der Waals surface area (Å²) in [5.41, 5.74) is 17.4. The van der Waals surface area contributed by atoms with Gasteiger partial charge in [0.1, 0.15) is 12.1 Å². The molecule has 1 aromatic rings. The first-order valence-electron chi connectivity index (χ1n) is 12.5. The van der Waals surface area contributed by atoms with Crippen LogP contribution in [-0.2, 0) is 24.0 Å². The molecule has 0 radical (unpaired) electrons. The predicted octanol–water partition coefficient (Wildman–Crippen LogP) is -1.57. The highest BCUT2D eigenvalue weighted by atomic mass is 16.2. The Labute approximate surface area is 220 Å². The van der Waals surface area contributed by atoms with Gasteiger partial charge in [-0.3, -0.25) is 29.0 Å². The van der Waals surface area contributed by atoms with Crippen molar-refractivity contribution in [3.63, 3.8) is 0 Å². The number of guanidine groups is 1. The van der Waals surface area contributed by atoms with Gasteiger partial charge in [-0.25, -0.2) is 0 Å². The number of carbonyl (C=O) groups is 5. The molecule has 1 fully saturated rings. The maximum Gasteiger partial charge on any atom is 0.243 e. The van der Waals surface area contributed by atoms with Crippen molar-refractivity contribution in [3.05, 3.63) is 24.3 Å². The Hall–Kier alpha value is -4.36. The smallest absolute Gasteiger partial charge is 0.243 e. The summed E-state index contributed by atoms with van der Waals surface area (Å²) in [5.74, 6) is -2.37. The zero-order chi connectivity index (χ0) is 27.9. The van der Waals surface area contributed by atoms with Crippen molar-refractivity contribution in [1.82, 2.24) is 21.3 Å². The molecule has 1 heterocycles. The summed E-state index contributed by atoms with van der Waals surface area (Å²) in [7, 11) is 0. The van der Waals surface area contributed by atoms with Crippen molar-refractivity contribution in [1.29, 1.82) is 0 Å². The highest BCUT2D eigenvalue weighted by Crippen LogP contribution is 2.17. The standard InChI is InChI=1S/C24H37N9O5/c25-15-7-4-5-8-16(15)31-19(34)11-3-1-2-9-17-22(37)29-14-21(36)33-18(10-6-12-28-24(26)27)23(38)30-13-20(35)32-17/h4-5,7-8,17-18H,1-3,6,9-14,25H2,(H,29,37)(H,30,38)(H,31,34)(H,32,35)(H,33,36)(H4,26,27,28)/t17-,18-/m0/s1. The average Bonchev–Trinajstić information content (AvgIpc) is 2.87. The van der Waals surface area contributed by atoms with Gasteiger partial charge in [-0.2, -0.15) is 0 Å². The third-order valence-corrected chi connectivity index (χ3v) is 5.73. The highest BCUT2D eigenvalue weighted by molar-refractivity contribution is 5.95. The Morgan fingerprint density at radius 3 is 2.03 bits per heavy atom. The lowest BCUT2D eigenvalue weighted by Gasteiger charge is -2.22. The maximum atomic E-state index is 12.6.